The van der Waals surface area contributed by atoms with Crippen LogP contribution in [0.15, 0.2) is 0 Å². The Labute approximate surface area is 202 Å². The molecule has 5 saturated carbocycles. The predicted molar refractivity (Wildman–Crippen MR) is 132 cm³/mol. The van der Waals surface area contributed by atoms with E-state index >= 15 is 0 Å². The van der Waals surface area contributed by atoms with Gasteiger partial charge in [0.15, 0.2) is 0 Å². The topological polar surface area (TPSA) is 53.0 Å². The van der Waals surface area contributed by atoms with Crippen LogP contribution >= 0.6 is 0 Å². The Morgan fingerprint density at radius 2 is 1.45 bits per heavy atom. The zero-order valence-electron chi connectivity index (χ0n) is 22.3. The molecule has 2 N–H and O–H groups in total. The second-order valence-corrected chi connectivity index (χ2v) is 15.3. The summed E-state index contributed by atoms with van der Waals surface area (Å²) in [6.07, 6.45) is 12.2. The first kappa shape index (κ1) is 23.3. The summed E-state index contributed by atoms with van der Waals surface area (Å²) in [6.45, 7) is 16.4. The fraction of sp³-hybridized carbons (Fsp3) is 1.00. The number of aliphatic hydroxyl groups is 2. The van der Waals surface area contributed by atoms with E-state index in [2.05, 4.69) is 41.5 Å². The maximum Gasteiger partial charge on any atom is 0.0919 e. The second-order valence-electron chi connectivity index (χ2n) is 15.3. The molecule has 1 heterocycles. The summed E-state index contributed by atoms with van der Waals surface area (Å²) in [5.41, 5.74) is 1.30. The molecule has 0 amide bonds. The number of rotatable bonds is 2. The summed E-state index contributed by atoms with van der Waals surface area (Å²) in [4.78, 5) is 0. The van der Waals surface area contributed by atoms with Gasteiger partial charge in [-0.15, -0.1) is 0 Å². The summed E-state index contributed by atoms with van der Waals surface area (Å²) >= 11 is 0. The molecule has 6 rings (SSSR count). The number of hydrogen-bond acceptors (Lipinski definition) is 3. The van der Waals surface area contributed by atoms with Crippen LogP contribution in [0.2, 0.25) is 0 Å². The van der Waals surface area contributed by atoms with Crippen LogP contribution in [0.25, 0.3) is 0 Å². The Morgan fingerprint density at radius 3 is 2.12 bits per heavy atom. The fourth-order valence-corrected chi connectivity index (χ4v) is 12.0. The third-order valence-corrected chi connectivity index (χ3v) is 14.3. The molecule has 0 bridgehead atoms. The summed E-state index contributed by atoms with van der Waals surface area (Å²) in [5, 5.41) is 21.7. The van der Waals surface area contributed by atoms with E-state index in [9.17, 15) is 10.2 Å². The van der Waals surface area contributed by atoms with Gasteiger partial charge in [-0.1, -0.05) is 34.6 Å². The summed E-state index contributed by atoms with van der Waals surface area (Å²) in [7, 11) is 0. The molecule has 0 spiro atoms. The molecule has 33 heavy (non-hydrogen) atoms. The van der Waals surface area contributed by atoms with E-state index < -0.39 is 0 Å². The maximum absolute atomic E-state index is 10.9. The molecule has 0 aromatic heterocycles. The van der Waals surface area contributed by atoms with Gasteiger partial charge in [0.05, 0.1) is 18.3 Å². The van der Waals surface area contributed by atoms with Crippen molar-refractivity contribution in [1.29, 1.82) is 0 Å². The zero-order valence-corrected chi connectivity index (χ0v) is 22.3. The molecular formula is C30H50O3. The lowest BCUT2D eigenvalue weighted by Gasteiger charge is -2.73. The van der Waals surface area contributed by atoms with Gasteiger partial charge in [-0.2, -0.15) is 0 Å². The third kappa shape index (κ3) is 2.69. The Kier molecular flexibility index (Phi) is 4.80. The van der Waals surface area contributed by atoms with Gasteiger partial charge in [0.2, 0.25) is 0 Å². The lowest BCUT2D eigenvalue weighted by Crippen LogP contribution is -2.67. The highest BCUT2D eigenvalue weighted by Gasteiger charge is 2.72. The van der Waals surface area contributed by atoms with Crippen molar-refractivity contribution in [3.63, 3.8) is 0 Å². The average molecular weight is 459 g/mol. The van der Waals surface area contributed by atoms with Gasteiger partial charge >= 0.3 is 0 Å². The van der Waals surface area contributed by atoms with Crippen molar-refractivity contribution in [2.24, 2.45) is 56.7 Å². The number of fused-ring (bicyclic) bond motifs is 7. The van der Waals surface area contributed by atoms with Gasteiger partial charge in [0, 0.05) is 6.61 Å². The van der Waals surface area contributed by atoms with Gasteiger partial charge in [0.25, 0.3) is 0 Å². The Hall–Kier alpha value is -0.120. The van der Waals surface area contributed by atoms with Gasteiger partial charge < -0.3 is 14.9 Å². The predicted octanol–water partition coefficient (Wildman–Crippen LogP) is 6.21. The molecule has 188 valence electrons. The van der Waals surface area contributed by atoms with Crippen molar-refractivity contribution in [2.75, 3.05) is 13.2 Å². The zero-order chi connectivity index (χ0) is 23.7. The number of epoxide rings is 1. The molecule has 0 aromatic carbocycles. The van der Waals surface area contributed by atoms with Crippen LogP contribution < -0.4 is 0 Å². The minimum atomic E-state index is -0.148. The first-order valence-electron chi connectivity index (χ1n) is 14.3. The number of ether oxygens (including phenoxy) is 1. The van der Waals surface area contributed by atoms with Crippen LogP contribution in [-0.2, 0) is 4.74 Å². The van der Waals surface area contributed by atoms with Crippen molar-refractivity contribution in [1.82, 2.24) is 0 Å². The quantitative estimate of drug-likeness (QED) is 0.484. The third-order valence-electron chi connectivity index (χ3n) is 14.3. The second kappa shape index (κ2) is 6.80. The van der Waals surface area contributed by atoms with E-state index in [0.29, 0.717) is 40.6 Å². The Balaban J connectivity index is 1.39. The van der Waals surface area contributed by atoms with Crippen LogP contribution in [0.3, 0.4) is 0 Å². The van der Waals surface area contributed by atoms with Crippen molar-refractivity contribution in [2.45, 2.75) is 117 Å². The minimum absolute atomic E-state index is 0.0269. The molecule has 11 unspecified atom stereocenters. The van der Waals surface area contributed by atoms with Gasteiger partial charge in [-0.25, -0.2) is 0 Å². The highest BCUT2D eigenvalue weighted by Crippen LogP contribution is 2.78. The SMILES string of the molecule is CC1(C2CCC3(CO)CCC4(C)C(CCC5C6(C)CCC(O)C(C)(C)C6CCC54C)C23)CO1. The normalized spacial score (nSPS) is 61.5. The molecular weight excluding hydrogens is 408 g/mol. The summed E-state index contributed by atoms with van der Waals surface area (Å²) in [6, 6.07) is 0. The number of aliphatic hydroxyl groups excluding tert-OH is 2. The molecule has 0 aromatic rings. The molecule has 11 atom stereocenters. The molecule has 1 saturated heterocycles. The van der Waals surface area contributed by atoms with E-state index in [4.69, 9.17) is 4.74 Å². The largest absolute Gasteiger partial charge is 0.396 e. The van der Waals surface area contributed by atoms with Crippen LogP contribution in [0.4, 0.5) is 0 Å². The molecule has 1 aliphatic heterocycles. The number of hydrogen-bond donors (Lipinski definition) is 2. The van der Waals surface area contributed by atoms with E-state index in [1.807, 2.05) is 0 Å². The molecule has 6 fully saturated rings. The van der Waals surface area contributed by atoms with Gasteiger partial charge in [-0.3, -0.25) is 0 Å². The molecule has 3 nitrogen and oxygen atoms in total. The highest BCUT2D eigenvalue weighted by atomic mass is 16.6. The van der Waals surface area contributed by atoms with Crippen LogP contribution in [0.5, 0.6) is 0 Å². The van der Waals surface area contributed by atoms with Crippen molar-refractivity contribution < 1.29 is 14.9 Å². The minimum Gasteiger partial charge on any atom is -0.396 e. The molecule has 3 heteroatoms. The van der Waals surface area contributed by atoms with Crippen molar-refractivity contribution >= 4 is 0 Å². The van der Waals surface area contributed by atoms with Crippen LogP contribution in [0.1, 0.15) is 106 Å². The van der Waals surface area contributed by atoms with Gasteiger partial charge in [-0.05, 0) is 128 Å². The standard InChI is InChI=1S/C30H50O3/c1-25(2)21-10-13-28(5)22(26(21,3)12-11-23(25)32)8-7-19-24-20(29(6)18-33-29)9-14-30(24,17-31)16-15-27(19,28)4/h19-24,31-32H,7-18H2,1-6H3. The van der Waals surface area contributed by atoms with Crippen molar-refractivity contribution in [3.05, 3.63) is 0 Å². The van der Waals surface area contributed by atoms with Crippen molar-refractivity contribution in [3.8, 4) is 0 Å². The average Bonchev–Trinajstić information content (AvgIpc) is 3.38. The van der Waals surface area contributed by atoms with E-state index in [-0.39, 0.29) is 22.5 Å². The van der Waals surface area contributed by atoms with E-state index in [0.717, 1.165) is 24.9 Å². The van der Waals surface area contributed by atoms with E-state index in [1.54, 1.807) is 0 Å². The Morgan fingerprint density at radius 1 is 0.727 bits per heavy atom. The highest BCUT2D eigenvalue weighted by molar-refractivity contribution is 5.21. The maximum atomic E-state index is 10.9. The summed E-state index contributed by atoms with van der Waals surface area (Å²) in [5.74, 6) is 3.36. The first-order valence-corrected chi connectivity index (χ1v) is 14.3. The Bertz CT molecular complexity index is 817. The molecule has 0 radical (unpaired) electrons. The fourth-order valence-electron chi connectivity index (χ4n) is 12.0. The summed E-state index contributed by atoms with van der Waals surface area (Å²) < 4.78 is 6.08. The lowest BCUT2D eigenvalue weighted by atomic mass is 9.32. The van der Waals surface area contributed by atoms with Crippen LogP contribution in [0, 0.1) is 56.7 Å². The lowest BCUT2D eigenvalue weighted by molar-refractivity contribution is -0.251. The van der Waals surface area contributed by atoms with E-state index in [1.165, 1.54) is 57.8 Å². The van der Waals surface area contributed by atoms with Gasteiger partial charge in [0.1, 0.15) is 0 Å². The molecule has 5 aliphatic carbocycles. The first-order chi connectivity index (χ1) is 15.4. The smallest absolute Gasteiger partial charge is 0.0919 e. The molecule has 6 aliphatic rings. The van der Waals surface area contributed by atoms with Crippen LogP contribution in [-0.4, -0.2) is 35.1 Å². The monoisotopic (exact) mass is 458 g/mol.